The molecule has 3 rings (SSSR count). The van der Waals surface area contributed by atoms with Crippen LogP contribution >= 0.6 is 0 Å². The molecule has 3 heteroatoms. The van der Waals surface area contributed by atoms with Crippen LogP contribution in [0.5, 0.6) is 0 Å². The predicted octanol–water partition coefficient (Wildman–Crippen LogP) is 2.49. The van der Waals surface area contributed by atoms with Crippen LogP contribution in [0.3, 0.4) is 0 Å². The maximum absolute atomic E-state index is 11.4. The molecule has 0 saturated carbocycles. The van der Waals surface area contributed by atoms with Crippen LogP contribution in [-0.4, -0.2) is 5.91 Å². The van der Waals surface area contributed by atoms with E-state index in [1.165, 1.54) is 22.3 Å². The van der Waals surface area contributed by atoms with E-state index in [0.717, 1.165) is 49.8 Å². The molecular formula is C15H16N2O. The standard InChI is InChI=1S/C15H16N2O/c1-9(18)17-15-12-6-2-4-10(12)14(8-16)11-5-3-7-13(11)15/h2-7H2,1H3,(H,17,18). The van der Waals surface area contributed by atoms with Gasteiger partial charge in [-0.2, -0.15) is 5.26 Å². The van der Waals surface area contributed by atoms with Crippen molar-refractivity contribution in [2.24, 2.45) is 0 Å². The van der Waals surface area contributed by atoms with Crippen molar-refractivity contribution >= 4 is 11.6 Å². The summed E-state index contributed by atoms with van der Waals surface area (Å²) in [7, 11) is 0. The molecule has 0 fully saturated rings. The molecule has 1 aromatic carbocycles. The monoisotopic (exact) mass is 240 g/mol. The molecule has 0 bridgehead atoms. The highest BCUT2D eigenvalue weighted by atomic mass is 16.1. The van der Waals surface area contributed by atoms with Crippen molar-refractivity contribution in [1.29, 1.82) is 5.26 Å². The average molecular weight is 240 g/mol. The summed E-state index contributed by atoms with van der Waals surface area (Å²) in [5.41, 5.74) is 6.78. The number of nitriles is 1. The molecule has 0 aromatic heterocycles. The van der Waals surface area contributed by atoms with Crippen LogP contribution < -0.4 is 5.32 Å². The molecular weight excluding hydrogens is 224 g/mol. The number of fused-ring (bicyclic) bond motifs is 2. The fraction of sp³-hybridized carbons (Fsp3) is 0.467. The first-order valence-corrected chi connectivity index (χ1v) is 6.59. The minimum atomic E-state index is -0.0112. The van der Waals surface area contributed by atoms with Crippen LogP contribution in [0.15, 0.2) is 0 Å². The van der Waals surface area contributed by atoms with E-state index < -0.39 is 0 Å². The van der Waals surface area contributed by atoms with Gasteiger partial charge in [0.25, 0.3) is 0 Å². The van der Waals surface area contributed by atoms with Crippen LogP contribution in [0.4, 0.5) is 5.69 Å². The van der Waals surface area contributed by atoms with Gasteiger partial charge in [0.05, 0.1) is 11.6 Å². The van der Waals surface area contributed by atoms with Gasteiger partial charge in [-0.05, 0) is 60.8 Å². The molecule has 92 valence electrons. The molecule has 0 radical (unpaired) electrons. The molecule has 1 aromatic rings. The fourth-order valence-corrected chi connectivity index (χ4v) is 3.42. The Kier molecular flexibility index (Phi) is 2.59. The SMILES string of the molecule is CC(=O)Nc1c2c(c(C#N)c3c1CCC3)CCC2. The summed E-state index contributed by atoms with van der Waals surface area (Å²) in [6.45, 7) is 1.56. The Bertz CT molecular complexity index is 546. The Hall–Kier alpha value is -1.82. The van der Waals surface area contributed by atoms with Gasteiger partial charge in [0, 0.05) is 12.6 Å². The number of nitrogens with zero attached hydrogens (tertiary/aromatic N) is 1. The van der Waals surface area contributed by atoms with Gasteiger partial charge in [-0.3, -0.25) is 4.79 Å². The first-order valence-electron chi connectivity index (χ1n) is 6.59. The summed E-state index contributed by atoms with van der Waals surface area (Å²) in [4.78, 5) is 11.4. The van der Waals surface area contributed by atoms with Gasteiger partial charge in [-0.1, -0.05) is 0 Å². The van der Waals surface area contributed by atoms with E-state index in [1.54, 1.807) is 6.92 Å². The predicted molar refractivity (Wildman–Crippen MR) is 69.5 cm³/mol. The number of benzene rings is 1. The van der Waals surface area contributed by atoms with Gasteiger partial charge < -0.3 is 5.32 Å². The maximum atomic E-state index is 11.4. The Morgan fingerprint density at radius 3 is 2.00 bits per heavy atom. The minimum Gasteiger partial charge on any atom is -0.326 e. The molecule has 0 atom stereocenters. The number of carbonyl (C=O) groups excluding carboxylic acids is 1. The molecule has 0 unspecified atom stereocenters. The second-order valence-electron chi connectivity index (χ2n) is 5.16. The largest absolute Gasteiger partial charge is 0.326 e. The van der Waals surface area contributed by atoms with Crippen molar-refractivity contribution < 1.29 is 4.79 Å². The van der Waals surface area contributed by atoms with Gasteiger partial charge in [-0.15, -0.1) is 0 Å². The molecule has 0 spiro atoms. The van der Waals surface area contributed by atoms with Crippen LogP contribution in [-0.2, 0) is 30.5 Å². The lowest BCUT2D eigenvalue weighted by Crippen LogP contribution is -2.12. The fourth-order valence-electron chi connectivity index (χ4n) is 3.42. The number of carbonyl (C=O) groups is 1. The second-order valence-corrected chi connectivity index (χ2v) is 5.16. The smallest absolute Gasteiger partial charge is 0.221 e. The number of hydrogen-bond acceptors (Lipinski definition) is 2. The summed E-state index contributed by atoms with van der Waals surface area (Å²) < 4.78 is 0. The number of hydrogen-bond donors (Lipinski definition) is 1. The molecule has 2 aliphatic rings. The zero-order chi connectivity index (χ0) is 12.7. The molecule has 0 aliphatic heterocycles. The van der Waals surface area contributed by atoms with Crippen molar-refractivity contribution in [3.63, 3.8) is 0 Å². The van der Waals surface area contributed by atoms with Crippen LogP contribution in [0.2, 0.25) is 0 Å². The molecule has 2 aliphatic carbocycles. The van der Waals surface area contributed by atoms with Gasteiger partial charge in [-0.25, -0.2) is 0 Å². The Labute approximate surface area is 107 Å². The van der Waals surface area contributed by atoms with Gasteiger partial charge in [0.1, 0.15) is 0 Å². The van der Waals surface area contributed by atoms with Crippen molar-refractivity contribution in [1.82, 2.24) is 0 Å². The van der Waals surface area contributed by atoms with Crippen molar-refractivity contribution in [3.05, 3.63) is 27.8 Å². The first kappa shape index (κ1) is 11.3. The molecule has 1 N–H and O–H groups in total. The van der Waals surface area contributed by atoms with Crippen molar-refractivity contribution in [3.8, 4) is 6.07 Å². The lowest BCUT2D eigenvalue weighted by molar-refractivity contribution is -0.114. The summed E-state index contributed by atoms with van der Waals surface area (Å²) >= 11 is 0. The molecule has 0 saturated heterocycles. The Morgan fingerprint density at radius 1 is 1.06 bits per heavy atom. The summed E-state index contributed by atoms with van der Waals surface area (Å²) in [6.07, 6.45) is 6.15. The van der Waals surface area contributed by atoms with E-state index in [4.69, 9.17) is 0 Å². The van der Waals surface area contributed by atoms with E-state index in [2.05, 4.69) is 11.4 Å². The number of rotatable bonds is 1. The van der Waals surface area contributed by atoms with Crippen molar-refractivity contribution in [2.75, 3.05) is 5.32 Å². The molecule has 3 nitrogen and oxygen atoms in total. The quantitative estimate of drug-likeness (QED) is 0.820. The van der Waals surface area contributed by atoms with Gasteiger partial charge in [0.15, 0.2) is 0 Å². The van der Waals surface area contributed by atoms with E-state index in [-0.39, 0.29) is 5.91 Å². The van der Waals surface area contributed by atoms with Crippen molar-refractivity contribution in [2.45, 2.75) is 45.4 Å². The average Bonchev–Trinajstić information content (AvgIpc) is 2.96. The summed E-state index contributed by atoms with van der Waals surface area (Å²) in [5.74, 6) is -0.0112. The lowest BCUT2D eigenvalue weighted by atomic mass is 9.92. The highest BCUT2D eigenvalue weighted by Gasteiger charge is 2.28. The maximum Gasteiger partial charge on any atom is 0.221 e. The van der Waals surface area contributed by atoms with E-state index in [0.29, 0.717) is 0 Å². The molecule has 0 heterocycles. The highest BCUT2D eigenvalue weighted by molar-refractivity contribution is 5.92. The third-order valence-corrected chi connectivity index (χ3v) is 4.06. The normalized spacial score (nSPS) is 16.0. The van der Waals surface area contributed by atoms with Gasteiger partial charge >= 0.3 is 0 Å². The zero-order valence-electron chi connectivity index (χ0n) is 10.6. The third kappa shape index (κ3) is 1.53. The Balaban J connectivity index is 2.27. The number of anilines is 1. The van der Waals surface area contributed by atoms with Crippen LogP contribution in [0.1, 0.15) is 47.6 Å². The van der Waals surface area contributed by atoms with Crippen LogP contribution in [0.25, 0.3) is 0 Å². The van der Waals surface area contributed by atoms with E-state index in [9.17, 15) is 10.1 Å². The first-order chi connectivity index (χ1) is 8.72. The topological polar surface area (TPSA) is 52.9 Å². The van der Waals surface area contributed by atoms with Gasteiger partial charge in [0.2, 0.25) is 5.91 Å². The zero-order valence-corrected chi connectivity index (χ0v) is 10.6. The number of amides is 1. The summed E-state index contributed by atoms with van der Waals surface area (Å²) in [6, 6.07) is 2.40. The molecule has 1 amide bonds. The second kappa shape index (κ2) is 4.13. The lowest BCUT2D eigenvalue weighted by Gasteiger charge is -2.17. The highest BCUT2D eigenvalue weighted by Crippen LogP contribution is 2.41. The van der Waals surface area contributed by atoms with Crippen LogP contribution in [0, 0.1) is 11.3 Å². The number of nitrogens with one attached hydrogen (secondary N) is 1. The third-order valence-electron chi connectivity index (χ3n) is 4.06. The Morgan fingerprint density at radius 2 is 1.56 bits per heavy atom. The summed E-state index contributed by atoms with van der Waals surface area (Å²) in [5, 5.41) is 12.4. The molecule has 18 heavy (non-hydrogen) atoms. The minimum absolute atomic E-state index is 0.0112. The van der Waals surface area contributed by atoms with E-state index >= 15 is 0 Å². The van der Waals surface area contributed by atoms with E-state index in [1.807, 2.05) is 0 Å².